The van der Waals surface area contributed by atoms with E-state index in [0.717, 1.165) is 0 Å². The molecule has 2 atom stereocenters. The number of carbonyl (C=O) groups excluding carboxylic acids is 2. The molecule has 6 heteroatoms. The predicted molar refractivity (Wildman–Crippen MR) is 97.4 cm³/mol. The number of aldehydes is 1. The molecule has 27 heavy (non-hydrogen) atoms. The van der Waals surface area contributed by atoms with Gasteiger partial charge in [-0.15, -0.1) is 0 Å². The van der Waals surface area contributed by atoms with Crippen LogP contribution in [0.1, 0.15) is 51.8 Å². The third kappa shape index (κ3) is 2.61. The van der Waals surface area contributed by atoms with Crippen LogP contribution in [-0.4, -0.2) is 34.0 Å². The highest BCUT2D eigenvalue weighted by molar-refractivity contribution is 6.10. The number of ether oxygens (including phenoxy) is 2. The number of benzene rings is 2. The molecule has 0 spiro atoms. The van der Waals surface area contributed by atoms with Crippen molar-refractivity contribution in [1.82, 2.24) is 0 Å². The maximum Gasteiger partial charge on any atom is 0.203 e. The van der Waals surface area contributed by atoms with E-state index in [4.69, 9.17) is 9.47 Å². The number of fused-ring (bicyclic) bond motifs is 3. The fourth-order valence-electron chi connectivity index (χ4n) is 3.40. The molecule has 2 aliphatic rings. The quantitative estimate of drug-likeness (QED) is 0.794. The largest absolute Gasteiger partial charge is 0.506 e. The van der Waals surface area contributed by atoms with Gasteiger partial charge in [-0.1, -0.05) is 30.3 Å². The number of phenols is 1. The Labute approximate surface area is 155 Å². The van der Waals surface area contributed by atoms with E-state index in [-0.39, 0.29) is 33.9 Å². The van der Waals surface area contributed by atoms with Crippen molar-refractivity contribution < 1.29 is 29.3 Å². The van der Waals surface area contributed by atoms with Gasteiger partial charge in [-0.05, 0) is 31.6 Å². The van der Waals surface area contributed by atoms with Gasteiger partial charge in [0.05, 0.1) is 11.1 Å². The van der Waals surface area contributed by atoms with Crippen molar-refractivity contribution >= 4 is 18.1 Å². The van der Waals surface area contributed by atoms with E-state index in [2.05, 4.69) is 0 Å². The average molecular weight is 366 g/mol. The molecule has 2 aromatic carbocycles. The highest BCUT2D eigenvalue weighted by atomic mass is 16.5. The molecule has 138 valence electrons. The van der Waals surface area contributed by atoms with Crippen LogP contribution in [0.15, 0.2) is 36.4 Å². The second-order valence-electron chi connectivity index (χ2n) is 7.12. The Morgan fingerprint density at radius 2 is 1.85 bits per heavy atom. The summed E-state index contributed by atoms with van der Waals surface area (Å²) in [6, 6.07) is 8.75. The smallest absolute Gasteiger partial charge is 0.203 e. The van der Waals surface area contributed by atoms with Crippen LogP contribution in [0.25, 0.3) is 6.08 Å². The number of hydrogen-bond acceptors (Lipinski definition) is 6. The Balaban J connectivity index is 1.96. The second-order valence-corrected chi connectivity index (χ2v) is 7.12. The number of Topliss-reactive ketones (excluding diaryl/α,β-unsaturated/α-hetero) is 1. The second kappa shape index (κ2) is 5.96. The van der Waals surface area contributed by atoms with Crippen LogP contribution in [-0.2, 0) is 0 Å². The van der Waals surface area contributed by atoms with Crippen LogP contribution in [0.3, 0.4) is 0 Å². The van der Waals surface area contributed by atoms with Crippen molar-refractivity contribution in [2.45, 2.75) is 31.7 Å². The first-order valence-corrected chi connectivity index (χ1v) is 8.54. The zero-order valence-electron chi connectivity index (χ0n) is 14.8. The molecular weight excluding hydrogens is 348 g/mol. The van der Waals surface area contributed by atoms with Crippen molar-refractivity contribution in [1.29, 1.82) is 0 Å². The number of aliphatic hydroxyl groups is 1. The molecule has 0 saturated carbocycles. The van der Waals surface area contributed by atoms with Crippen LogP contribution >= 0.6 is 0 Å². The van der Waals surface area contributed by atoms with Gasteiger partial charge in [-0.3, -0.25) is 9.59 Å². The zero-order valence-corrected chi connectivity index (χ0v) is 14.8. The first kappa shape index (κ1) is 17.3. The van der Waals surface area contributed by atoms with Crippen molar-refractivity contribution in [2.75, 3.05) is 0 Å². The summed E-state index contributed by atoms with van der Waals surface area (Å²) < 4.78 is 11.8. The maximum absolute atomic E-state index is 13.0. The Bertz CT molecular complexity index is 974. The number of rotatable bonds is 2. The Kier molecular flexibility index (Phi) is 3.82. The Morgan fingerprint density at radius 1 is 1.15 bits per heavy atom. The summed E-state index contributed by atoms with van der Waals surface area (Å²) in [4.78, 5) is 24.7. The van der Waals surface area contributed by atoms with E-state index in [1.165, 1.54) is 0 Å². The van der Waals surface area contributed by atoms with Gasteiger partial charge in [-0.2, -0.15) is 0 Å². The van der Waals surface area contributed by atoms with Gasteiger partial charge in [0.25, 0.3) is 0 Å². The summed E-state index contributed by atoms with van der Waals surface area (Å²) >= 11 is 0. The summed E-state index contributed by atoms with van der Waals surface area (Å²) in [5.74, 6) is -0.898. The fraction of sp³-hybridized carbons (Fsp3) is 0.238. The molecular formula is C21H18O6. The third-order valence-electron chi connectivity index (χ3n) is 4.76. The molecule has 0 saturated heterocycles. The van der Waals surface area contributed by atoms with Gasteiger partial charge in [0, 0.05) is 0 Å². The number of hydrogen-bond donors (Lipinski definition) is 2. The van der Waals surface area contributed by atoms with Gasteiger partial charge in [0.15, 0.2) is 18.5 Å². The monoisotopic (exact) mass is 366 g/mol. The Morgan fingerprint density at radius 3 is 2.52 bits per heavy atom. The van der Waals surface area contributed by atoms with Gasteiger partial charge in [-0.25, -0.2) is 0 Å². The van der Waals surface area contributed by atoms with E-state index in [1.54, 1.807) is 56.3 Å². The molecule has 4 rings (SSSR count). The molecule has 2 N–H and O–H groups in total. The molecule has 0 radical (unpaired) electrons. The molecule has 0 aromatic heterocycles. The molecule has 2 aliphatic heterocycles. The van der Waals surface area contributed by atoms with Crippen molar-refractivity contribution in [3.05, 3.63) is 58.7 Å². The third-order valence-corrected chi connectivity index (χ3v) is 4.76. The minimum atomic E-state index is -1.47. The lowest BCUT2D eigenvalue weighted by atomic mass is 9.88. The average Bonchev–Trinajstić information content (AvgIpc) is 2.64. The summed E-state index contributed by atoms with van der Waals surface area (Å²) in [6.07, 6.45) is 1.30. The highest BCUT2D eigenvalue weighted by Gasteiger charge is 2.43. The van der Waals surface area contributed by atoms with Crippen LogP contribution in [0, 0.1) is 0 Å². The number of aromatic hydroxyl groups is 1. The first-order valence-electron chi connectivity index (χ1n) is 8.54. The minimum absolute atomic E-state index is 0.0259. The SMILES string of the molecule is CC1(C)C=Cc2c(O)c(C=O)c3c(c2O1)C(=O)[C@H](O)[C@@H](c1ccccc1)O3. The van der Waals surface area contributed by atoms with E-state index in [1.807, 2.05) is 0 Å². The fourth-order valence-corrected chi connectivity index (χ4v) is 3.40. The number of phenolic OH excluding ortho intramolecular Hbond substituents is 1. The summed E-state index contributed by atoms with van der Waals surface area (Å²) in [5, 5.41) is 21.2. The zero-order chi connectivity index (χ0) is 19.3. The number of ketones is 1. The van der Waals surface area contributed by atoms with Crippen LogP contribution < -0.4 is 9.47 Å². The molecule has 0 aliphatic carbocycles. The van der Waals surface area contributed by atoms with Crippen molar-refractivity contribution in [3.8, 4) is 17.2 Å². The van der Waals surface area contributed by atoms with Crippen LogP contribution in [0.5, 0.6) is 17.2 Å². The number of aliphatic hydroxyl groups excluding tert-OH is 1. The van der Waals surface area contributed by atoms with Crippen molar-refractivity contribution in [3.63, 3.8) is 0 Å². The molecule has 0 amide bonds. The van der Waals surface area contributed by atoms with Crippen LogP contribution in [0.4, 0.5) is 0 Å². The van der Waals surface area contributed by atoms with Crippen LogP contribution in [0.2, 0.25) is 0 Å². The molecule has 2 heterocycles. The topological polar surface area (TPSA) is 93.1 Å². The van der Waals surface area contributed by atoms with Gasteiger partial charge < -0.3 is 19.7 Å². The van der Waals surface area contributed by atoms with E-state index in [0.29, 0.717) is 11.8 Å². The lowest BCUT2D eigenvalue weighted by Crippen LogP contribution is -2.38. The normalized spacial score (nSPS) is 22.3. The molecule has 6 nitrogen and oxygen atoms in total. The standard InChI is InChI=1S/C21H18O6/c1-21(2)9-8-12-15(23)13(10-22)19-14(20(12)27-21)16(24)17(25)18(26-19)11-6-4-3-5-7-11/h3-10,17-18,23,25H,1-2H3/t17-,18+/m0/s1. The maximum atomic E-state index is 13.0. The molecule has 2 aromatic rings. The summed E-state index contributed by atoms with van der Waals surface area (Å²) in [7, 11) is 0. The Hall–Kier alpha value is -3.12. The molecule has 0 unspecified atom stereocenters. The minimum Gasteiger partial charge on any atom is -0.506 e. The molecule has 0 fully saturated rings. The lowest BCUT2D eigenvalue weighted by Gasteiger charge is -2.35. The van der Waals surface area contributed by atoms with Crippen molar-refractivity contribution in [2.24, 2.45) is 0 Å². The van der Waals surface area contributed by atoms with E-state index >= 15 is 0 Å². The predicted octanol–water partition coefficient (Wildman–Crippen LogP) is 3.07. The van der Waals surface area contributed by atoms with Gasteiger partial charge >= 0.3 is 0 Å². The summed E-state index contributed by atoms with van der Waals surface area (Å²) in [6.45, 7) is 3.59. The van der Waals surface area contributed by atoms with E-state index in [9.17, 15) is 19.8 Å². The molecule has 0 bridgehead atoms. The number of carbonyl (C=O) groups is 2. The van der Waals surface area contributed by atoms with E-state index < -0.39 is 23.6 Å². The highest BCUT2D eigenvalue weighted by Crippen LogP contribution is 2.50. The van der Waals surface area contributed by atoms with Gasteiger partial charge in [0.2, 0.25) is 5.78 Å². The lowest BCUT2D eigenvalue weighted by molar-refractivity contribution is 0.0199. The first-order chi connectivity index (χ1) is 12.8. The van der Waals surface area contributed by atoms with Gasteiger partial charge in [0.1, 0.15) is 28.4 Å². The summed E-state index contributed by atoms with van der Waals surface area (Å²) in [5.41, 5.74) is -0.0891.